The second-order valence-corrected chi connectivity index (χ2v) is 9.42. The molecular weight excluding hydrogens is 394 g/mol. The number of nitrogens with one attached hydrogen (secondary N) is 2. The van der Waals surface area contributed by atoms with Crippen LogP contribution < -0.4 is 10.6 Å². The van der Waals surface area contributed by atoms with Crippen molar-refractivity contribution in [1.29, 1.82) is 0 Å². The lowest BCUT2D eigenvalue weighted by Gasteiger charge is -2.34. The molecule has 2 saturated heterocycles. The summed E-state index contributed by atoms with van der Waals surface area (Å²) >= 11 is 0. The second kappa shape index (κ2) is 7.64. The van der Waals surface area contributed by atoms with E-state index >= 15 is 0 Å². The lowest BCUT2D eigenvalue weighted by Crippen LogP contribution is -2.57. The van der Waals surface area contributed by atoms with Crippen molar-refractivity contribution in [2.45, 2.75) is 50.6 Å². The molecule has 3 aliphatic rings. The van der Waals surface area contributed by atoms with Gasteiger partial charge < -0.3 is 20.3 Å². The van der Waals surface area contributed by atoms with Crippen molar-refractivity contribution < 1.29 is 19.1 Å². The summed E-state index contributed by atoms with van der Waals surface area (Å²) < 4.78 is 6.24. The highest BCUT2D eigenvalue weighted by atomic mass is 16.5. The van der Waals surface area contributed by atoms with Crippen LogP contribution >= 0.6 is 0 Å². The zero-order chi connectivity index (χ0) is 22.4. The highest BCUT2D eigenvalue weighted by Gasteiger charge is 2.72. The molecule has 31 heavy (non-hydrogen) atoms. The Hall–Kier alpha value is -2.93. The van der Waals surface area contributed by atoms with Crippen molar-refractivity contribution in [3.05, 3.63) is 60.7 Å². The Kier molecular flexibility index (Phi) is 5.25. The molecule has 3 amide bonds. The van der Waals surface area contributed by atoms with Crippen LogP contribution in [0, 0.1) is 11.8 Å². The van der Waals surface area contributed by atoms with Crippen molar-refractivity contribution in [1.82, 2.24) is 15.5 Å². The van der Waals surface area contributed by atoms with Crippen LogP contribution in [0.5, 0.6) is 0 Å². The first kappa shape index (κ1) is 21.3. The number of benzene rings is 1. The monoisotopic (exact) mass is 423 g/mol. The van der Waals surface area contributed by atoms with Gasteiger partial charge in [0.05, 0.1) is 17.9 Å². The summed E-state index contributed by atoms with van der Waals surface area (Å²) in [5.74, 6) is -2.20. The Morgan fingerprint density at radius 2 is 1.94 bits per heavy atom. The highest BCUT2D eigenvalue weighted by Crippen LogP contribution is 2.55. The fourth-order valence-electron chi connectivity index (χ4n) is 4.94. The molecule has 1 aromatic rings. The van der Waals surface area contributed by atoms with Gasteiger partial charge in [0.25, 0.3) is 0 Å². The van der Waals surface area contributed by atoms with E-state index in [2.05, 4.69) is 17.2 Å². The van der Waals surface area contributed by atoms with Crippen LogP contribution in [0.15, 0.2) is 55.1 Å². The molecular formula is C24H29N3O4. The number of ether oxygens (including phenoxy) is 1. The summed E-state index contributed by atoms with van der Waals surface area (Å²) in [6, 6.07) is 8.74. The average Bonchev–Trinajstić information content (AvgIpc) is 3.34. The van der Waals surface area contributed by atoms with Crippen molar-refractivity contribution in [3.8, 4) is 0 Å². The van der Waals surface area contributed by atoms with Crippen LogP contribution in [0.2, 0.25) is 0 Å². The number of likely N-dealkylation sites (tertiary alicyclic amines) is 1. The smallest absolute Gasteiger partial charge is 0.246 e. The molecule has 3 aliphatic heterocycles. The number of carbonyl (C=O) groups is 3. The minimum absolute atomic E-state index is 0.208. The van der Waals surface area contributed by atoms with Gasteiger partial charge in [-0.3, -0.25) is 14.4 Å². The van der Waals surface area contributed by atoms with Crippen molar-refractivity contribution in [2.75, 3.05) is 6.54 Å². The maximum Gasteiger partial charge on any atom is 0.246 e. The summed E-state index contributed by atoms with van der Waals surface area (Å²) in [5, 5.41) is 5.91. The Bertz CT molecular complexity index is 936. The molecule has 2 N–H and O–H groups in total. The normalized spacial score (nSPS) is 30.9. The van der Waals surface area contributed by atoms with Gasteiger partial charge in [0.15, 0.2) is 0 Å². The van der Waals surface area contributed by atoms with E-state index in [1.807, 2.05) is 57.2 Å². The number of hydrogen-bond donors (Lipinski definition) is 2. The van der Waals surface area contributed by atoms with Crippen LogP contribution in [0.1, 0.15) is 26.3 Å². The highest BCUT2D eigenvalue weighted by molar-refractivity contribution is 6.00. The van der Waals surface area contributed by atoms with Gasteiger partial charge in [0, 0.05) is 18.6 Å². The summed E-state index contributed by atoms with van der Waals surface area (Å²) in [6.07, 6.45) is 4.68. The zero-order valence-corrected chi connectivity index (χ0v) is 18.1. The summed E-state index contributed by atoms with van der Waals surface area (Å²) in [6.45, 7) is 9.97. The van der Waals surface area contributed by atoms with E-state index < -0.39 is 35.1 Å². The Morgan fingerprint density at radius 1 is 1.23 bits per heavy atom. The number of nitrogens with zero attached hydrogens (tertiary/aromatic N) is 1. The van der Waals surface area contributed by atoms with Crippen molar-refractivity contribution in [2.24, 2.45) is 11.8 Å². The molecule has 0 saturated carbocycles. The molecule has 1 spiro atoms. The maximum absolute atomic E-state index is 13.4. The fraction of sp³-hybridized carbons (Fsp3) is 0.458. The van der Waals surface area contributed by atoms with Crippen molar-refractivity contribution in [3.63, 3.8) is 0 Å². The van der Waals surface area contributed by atoms with E-state index in [1.54, 1.807) is 12.2 Å². The number of fused-ring (bicyclic) bond motifs is 1. The molecule has 0 aliphatic carbocycles. The quantitative estimate of drug-likeness (QED) is 0.680. The molecule has 0 unspecified atom stereocenters. The van der Waals surface area contributed by atoms with Gasteiger partial charge >= 0.3 is 0 Å². The molecule has 164 valence electrons. The standard InChI is InChI=1S/C24H29N3O4/c1-5-13-27-19(21(29)26-23(2,3)4)24-12-11-16(31-24)17(18(24)22(27)30)20(28)25-14-15-9-7-6-8-10-15/h5-12,16-19H,1,13-14H2,2-4H3,(H,25,28)(H,26,29)/t16-,17-,18+,19-,24+/m1/s1. The molecule has 7 nitrogen and oxygen atoms in total. The fourth-order valence-corrected chi connectivity index (χ4v) is 4.94. The van der Waals surface area contributed by atoms with Crippen LogP contribution in [-0.4, -0.2) is 52.5 Å². The van der Waals surface area contributed by atoms with Crippen LogP contribution in [0.4, 0.5) is 0 Å². The van der Waals surface area contributed by atoms with E-state index in [1.165, 1.54) is 4.90 Å². The molecule has 1 aromatic carbocycles. The van der Waals surface area contributed by atoms with Crippen LogP contribution in [-0.2, 0) is 25.7 Å². The van der Waals surface area contributed by atoms with E-state index in [9.17, 15) is 14.4 Å². The van der Waals surface area contributed by atoms with Crippen LogP contribution in [0.25, 0.3) is 0 Å². The minimum atomic E-state index is -1.14. The van der Waals surface area contributed by atoms with Gasteiger partial charge in [0.1, 0.15) is 11.6 Å². The molecule has 7 heteroatoms. The van der Waals surface area contributed by atoms with E-state index in [-0.39, 0.29) is 24.3 Å². The van der Waals surface area contributed by atoms with Crippen LogP contribution in [0.3, 0.4) is 0 Å². The topological polar surface area (TPSA) is 87.7 Å². The summed E-state index contributed by atoms with van der Waals surface area (Å²) in [5.41, 5.74) is -0.644. The Labute approximate surface area is 182 Å². The summed E-state index contributed by atoms with van der Waals surface area (Å²) in [4.78, 5) is 41.3. The van der Waals surface area contributed by atoms with E-state index in [4.69, 9.17) is 4.74 Å². The third-order valence-corrected chi connectivity index (χ3v) is 6.06. The lowest BCUT2D eigenvalue weighted by atomic mass is 9.74. The SMILES string of the molecule is C=CCN1C(=O)[C@@H]2[C@H](C(=O)NCc3ccccc3)[C@H]3C=C[C@@]2(O3)[C@H]1C(=O)NC(C)(C)C. The Morgan fingerprint density at radius 3 is 2.58 bits per heavy atom. The first-order chi connectivity index (χ1) is 14.7. The Balaban J connectivity index is 1.61. The summed E-state index contributed by atoms with van der Waals surface area (Å²) in [7, 11) is 0. The van der Waals surface area contributed by atoms with Gasteiger partial charge in [-0.15, -0.1) is 6.58 Å². The first-order valence-electron chi connectivity index (χ1n) is 10.6. The lowest BCUT2D eigenvalue weighted by molar-refractivity contribution is -0.141. The number of amides is 3. The van der Waals surface area contributed by atoms with Gasteiger partial charge in [-0.1, -0.05) is 48.6 Å². The molecule has 0 radical (unpaired) electrons. The van der Waals surface area contributed by atoms with Gasteiger partial charge in [-0.25, -0.2) is 0 Å². The number of rotatable bonds is 6. The van der Waals surface area contributed by atoms with Crippen molar-refractivity contribution >= 4 is 17.7 Å². The predicted octanol–water partition coefficient (Wildman–Crippen LogP) is 1.55. The third-order valence-electron chi connectivity index (χ3n) is 6.06. The van der Waals surface area contributed by atoms with Gasteiger partial charge in [-0.05, 0) is 26.3 Å². The third kappa shape index (κ3) is 3.57. The molecule has 4 rings (SSSR count). The van der Waals surface area contributed by atoms with Gasteiger partial charge in [-0.2, -0.15) is 0 Å². The number of carbonyl (C=O) groups excluding carboxylic acids is 3. The molecule has 2 bridgehead atoms. The second-order valence-electron chi connectivity index (χ2n) is 9.42. The molecule has 3 heterocycles. The average molecular weight is 424 g/mol. The number of hydrogen-bond acceptors (Lipinski definition) is 4. The largest absolute Gasteiger partial charge is 0.359 e. The molecule has 2 fully saturated rings. The predicted molar refractivity (Wildman–Crippen MR) is 116 cm³/mol. The zero-order valence-electron chi connectivity index (χ0n) is 18.1. The van der Waals surface area contributed by atoms with E-state index in [0.29, 0.717) is 6.54 Å². The van der Waals surface area contributed by atoms with Gasteiger partial charge in [0.2, 0.25) is 17.7 Å². The molecule has 0 aromatic heterocycles. The minimum Gasteiger partial charge on any atom is -0.359 e. The maximum atomic E-state index is 13.4. The molecule has 5 atom stereocenters. The first-order valence-corrected chi connectivity index (χ1v) is 10.6. The van der Waals surface area contributed by atoms with E-state index in [0.717, 1.165) is 5.56 Å².